The molecule has 1 amide bonds. The Balaban J connectivity index is 1.93. The lowest BCUT2D eigenvalue weighted by Gasteiger charge is -2.22. The zero-order chi connectivity index (χ0) is 18.2. The summed E-state index contributed by atoms with van der Waals surface area (Å²) < 4.78 is 11.1. The van der Waals surface area contributed by atoms with E-state index in [1.165, 1.54) is 0 Å². The molecule has 2 atom stereocenters. The van der Waals surface area contributed by atoms with Gasteiger partial charge in [-0.05, 0) is 32.6 Å². The van der Waals surface area contributed by atoms with Gasteiger partial charge >= 0.3 is 0 Å². The number of aliphatic hydroxyl groups is 1. The highest BCUT2D eigenvalue weighted by Gasteiger charge is 2.27. The monoisotopic (exact) mass is 348 g/mol. The molecule has 1 aliphatic heterocycles. The average molecular weight is 348 g/mol. The second-order valence-corrected chi connectivity index (χ2v) is 6.47. The lowest BCUT2D eigenvalue weighted by molar-refractivity contribution is -0.126. The van der Waals surface area contributed by atoms with Gasteiger partial charge in [-0.25, -0.2) is 0 Å². The van der Waals surface area contributed by atoms with Crippen molar-refractivity contribution in [3.05, 3.63) is 36.4 Å². The predicted molar refractivity (Wildman–Crippen MR) is 96.9 cm³/mol. The van der Waals surface area contributed by atoms with E-state index in [1.807, 2.05) is 43.3 Å². The van der Waals surface area contributed by atoms with Gasteiger partial charge in [0.25, 0.3) is 0 Å². The molecule has 0 aliphatic carbocycles. The van der Waals surface area contributed by atoms with Crippen molar-refractivity contribution in [3.8, 4) is 11.5 Å². The fourth-order valence-electron chi connectivity index (χ4n) is 2.74. The summed E-state index contributed by atoms with van der Waals surface area (Å²) in [6.45, 7) is 1.82. The molecule has 25 heavy (non-hydrogen) atoms. The van der Waals surface area contributed by atoms with Crippen molar-refractivity contribution in [2.75, 3.05) is 40.8 Å². The molecule has 0 spiro atoms. The number of rotatable bonds is 6. The quantitative estimate of drug-likeness (QED) is 0.790. The van der Waals surface area contributed by atoms with Gasteiger partial charge < -0.3 is 24.4 Å². The highest BCUT2D eigenvalue weighted by atomic mass is 16.5. The lowest BCUT2D eigenvalue weighted by Crippen LogP contribution is -2.32. The van der Waals surface area contributed by atoms with Gasteiger partial charge in [-0.2, -0.15) is 0 Å². The molecular formula is C19H28N2O4. The van der Waals surface area contributed by atoms with Gasteiger partial charge in [0.05, 0.1) is 13.2 Å². The van der Waals surface area contributed by atoms with E-state index in [9.17, 15) is 9.90 Å². The number of ether oxygens (including phenoxy) is 2. The van der Waals surface area contributed by atoms with E-state index in [2.05, 4.69) is 0 Å². The lowest BCUT2D eigenvalue weighted by atomic mass is 10.1. The second kappa shape index (κ2) is 9.44. The van der Waals surface area contributed by atoms with Crippen LogP contribution in [0.25, 0.3) is 0 Å². The molecule has 1 heterocycles. The molecule has 0 radical (unpaired) electrons. The van der Waals surface area contributed by atoms with Crippen LogP contribution in [0.2, 0.25) is 0 Å². The fourth-order valence-corrected chi connectivity index (χ4v) is 2.74. The minimum Gasteiger partial charge on any atom is -0.497 e. The van der Waals surface area contributed by atoms with Crippen LogP contribution in [0, 0.1) is 0 Å². The Morgan fingerprint density at radius 2 is 2.04 bits per heavy atom. The van der Waals surface area contributed by atoms with Gasteiger partial charge in [-0.3, -0.25) is 4.79 Å². The van der Waals surface area contributed by atoms with E-state index < -0.39 is 6.10 Å². The second-order valence-electron chi connectivity index (χ2n) is 6.47. The Labute approximate surface area is 149 Å². The van der Waals surface area contributed by atoms with Crippen LogP contribution in [0.15, 0.2) is 36.4 Å². The van der Waals surface area contributed by atoms with Crippen molar-refractivity contribution < 1.29 is 19.4 Å². The Morgan fingerprint density at radius 3 is 2.76 bits per heavy atom. The Bertz CT molecular complexity index is 589. The topological polar surface area (TPSA) is 62.2 Å². The summed E-state index contributed by atoms with van der Waals surface area (Å²) in [5, 5.41) is 10.4. The largest absolute Gasteiger partial charge is 0.497 e. The van der Waals surface area contributed by atoms with Crippen molar-refractivity contribution in [3.63, 3.8) is 0 Å². The van der Waals surface area contributed by atoms with Gasteiger partial charge in [0.2, 0.25) is 5.91 Å². The standard InChI is InChI=1S/C19H28N2O4/c1-20(2)11-5-8-19(23)21-12-9-17(22)18(10-13-21)25-16-7-4-6-15(14-16)24-3/h4-8,14,17-18,22H,9-13H2,1-3H3/t17-,18-/m0/s1. The van der Waals surface area contributed by atoms with Gasteiger partial charge in [-0.15, -0.1) is 0 Å². The van der Waals surface area contributed by atoms with Crippen LogP contribution in [-0.4, -0.2) is 73.9 Å². The number of nitrogens with zero attached hydrogens (tertiary/aromatic N) is 2. The first-order valence-corrected chi connectivity index (χ1v) is 8.58. The summed E-state index contributed by atoms with van der Waals surface area (Å²) in [4.78, 5) is 16.0. The first kappa shape index (κ1) is 19.3. The van der Waals surface area contributed by atoms with Crippen LogP contribution in [0.3, 0.4) is 0 Å². The first-order valence-electron chi connectivity index (χ1n) is 8.58. The van der Waals surface area contributed by atoms with Crippen molar-refractivity contribution in [2.45, 2.75) is 25.0 Å². The third kappa shape index (κ3) is 6.07. The van der Waals surface area contributed by atoms with E-state index in [1.54, 1.807) is 24.2 Å². The highest BCUT2D eigenvalue weighted by Crippen LogP contribution is 2.23. The van der Waals surface area contributed by atoms with E-state index in [0.29, 0.717) is 37.4 Å². The average Bonchev–Trinajstić information content (AvgIpc) is 2.77. The fraction of sp³-hybridized carbons (Fsp3) is 0.526. The molecule has 0 unspecified atom stereocenters. The summed E-state index contributed by atoms with van der Waals surface area (Å²) in [7, 11) is 5.52. The minimum absolute atomic E-state index is 0.0175. The van der Waals surface area contributed by atoms with Crippen molar-refractivity contribution in [2.24, 2.45) is 0 Å². The first-order chi connectivity index (χ1) is 12.0. The van der Waals surface area contributed by atoms with Gasteiger partial charge in [0.15, 0.2) is 0 Å². The number of methoxy groups -OCH3 is 1. The summed E-state index contributed by atoms with van der Waals surface area (Å²) in [6.07, 6.45) is 3.61. The number of hydrogen-bond acceptors (Lipinski definition) is 5. The molecule has 0 saturated carbocycles. The van der Waals surface area contributed by atoms with Crippen LogP contribution in [-0.2, 0) is 4.79 Å². The van der Waals surface area contributed by atoms with Gasteiger partial charge in [0, 0.05) is 38.2 Å². The maximum absolute atomic E-state index is 12.3. The molecule has 1 aromatic carbocycles. The van der Waals surface area contributed by atoms with E-state index in [0.717, 1.165) is 6.54 Å². The number of hydrogen-bond donors (Lipinski definition) is 1. The van der Waals surface area contributed by atoms with Crippen LogP contribution in [0.5, 0.6) is 11.5 Å². The van der Waals surface area contributed by atoms with E-state index in [4.69, 9.17) is 9.47 Å². The molecule has 1 aliphatic rings. The van der Waals surface area contributed by atoms with Crippen LogP contribution >= 0.6 is 0 Å². The van der Waals surface area contributed by atoms with Crippen LogP contribution < -0.4 is 9.47 Å². The number of likely N-dealkylation sites (N-methyl/N-ethyl adjacent to an activating group) is 1. The number of aliphatic hydroxyl groups excluding tert-OH is 1. The molecule has 2 rings (SSSR count). The molecule has 0 aromatic heterocycles. The minimum atomic E-state index is -0.602. The molecule has 6 nitrogen and oxygen atoms in total. The normalized spacial score (nSPS) is 21.4. The van der Waals surface area contributed by atoms with Crippen LogP contribution in [0.4, 0.5) is 0 Å². The van der Waals surface area contributed by atoms with Gasteiger partial charge in [-0.1, -0.05) is 12.1 Å². The SMILES string of the molecule is COc1cccc(O[C@H]2CCN(C(=O)C=CCN(C)C)CC[C@@H]2O)c1. The Kier molecular flexibility index (Phi) is 7.28. The molecule has 6 heteroatoms. The van der Waals surface area contributed by atoms with E-state index in [-0.39, 0.29) is 12.0 Å². The third-order valence-electron chi connectivity index (χ3n) is 4.18. The van der Waals surface area contributed by atoms with Crippen molar-refractivity contribution >= 4 is 5.91 Å². The maximum Gasteiger partial charge on any atom is 0.246 e. The molecule has 1 fully saturated rings. The summed E-state index contributed by atoms with van der Waals surface area (Å²) in [5.41, 5.74) is 0. The molecular weight excluding hydrogens is 320 g/mol. The molecule has 1 N–H and O–H groups in total. The molecule has 0 bridgehead atoms. The van der Waals surface area contributed by atoms with Crippen molar-refractivity contribution in [1.29, 1.82) is 0 Å². The number of carbonyl (C=O) groups excluding carboxylic acids is 1. The molecule has 1 saturated heterocycles. The number of likely N-dealkylation sites (tertiary alicyclic amines) is 1. The van der Waals surface area contributed by atoms with Crippen LogP contribution in [0.1, 0.15) is 12.8 Å². The summed E-state index contributed by atoms with van der Waals surface area (Å²) >= 11 is 0. The Morgan fingerprint density at radius 1 is 1.32 bits per heavy atom. The third-order valence-corrected chi connectivity index (χ3v) is 4.18. The summed E-state index contributed by atoms with van der Waals surface area (Å²) in [6, 6.07) is 7.33. The predicted octanol–water partition coefficient (Wildman–Crippen LogP) is 1.54. The molecule has 138 valence electrons. The van der Waals surface area contributed by atoms with E-state index >= 15 is 0 Å². The highest BCUT2D eigenvalue weighted by molar-refractivity contribution is 5.87. The molecule has 1 aromatic rings. The number of carbonyl (C=O) groups is 1. The number of benzene rings is 1. The smallest absolute Gasteiger partial charge is 0.246 e. The van der Waals surface area contributed by atoms with Crippen molar-refractivity contribution in [1.82, 2.24) is 9.80 Å². The zero-order valence-corrected chi connectivity index (χ0v) is 15.2. The zero-order valence-electron chi connectivity index (χ0n) is 15.2. The summed E-state index contributed by atoms with van der Waals surface area (Å²) in [5.74, 6) is 1.36. The van der Waals surface area contributed by atoms with Gasteiger partial charge in [0.1, 0.15) is 17.6 Å². The number of amides is 1. The maximum atomic E-state index is 12.3. The Hall–Kier alpha value is -2.05.